The second-order valence-corrected chi connectivity index (χ2v) is 10.6. The number of fused-ring (bicyclic) bond motifs is 1. The van der Waals surface area contributed by atoms with Gasteiger partial charge in [-0.05, 0) is 31.7 Å². The van der Waals surface area contributed by atoms with Gasteiger partial charge in [-0.3, -0.25) is 14.2 Å². The van der Waals surface area contributed by atoms with Crippen LogP contribution in [-0.4, -0.2) is 51.1 Å². The van der Waals surface area contributed by atoms with E-state index in [4.69, 9.17) is 5.14 Å². The molecule has 1 aromatic carbocycles. The molecule has 1 saturated carbocycles. The fourth-order valence-electron chi connectivity index (χ4n) is 4.72. The molecule has 1 amide bonds. The van der Waals surface area contributed by atoms with Crippen molar-refractivity contribution in [1.29, 1.82) is 0 Å². The van der Waals surface area contributed by atoms with Gasteiger partial charge in [0.25, 0.3) is 16.1 Å². The molecule has 16 heteroatoms. The largest absolute Gasteiger partial charge is 0.365 e. The number of nitrogens with one attached hydrogen (secondary N) is 4. The third-order valence-corrected chi connectivity index (χ3v) is 6.89. The van der Waals surface area contributed by atoms with E-state index in [0.29, 0.717) is 24.8 Å². The first-order valence-electron chi connectivity index (χ1n) is 11.9. The summed E-state index contributed by atoms with van der Waals surface area (Å²) in [5.41, 5.74) is 0.516. The second kappa shape index (κ2) is 10.2. The molecule has 1 aliphatic carbocycles. The average Bonchev–Trinajstić information content (AvgIpc) is 3.43. The van der Waals surface area contributed by atoms with Crippen LogP contribution in [0.1, 0.15) is 36.2 Å². The summed E-state index contributed by atoms with van der Waals surface area (Å²) < 4.78 is 68.3. The molecule has 0 radical (unpaired) electrons. The molecule has 0 saturated heterocycles. The molecule has 206 valence electrons. The fraction of sp³-hybridized carbons (Fsp3) is 0.304. The number of halogens is 3. The molecule has 0 unspecified atom stereocenters. The Bertz CT molecular complexity index is 1670. The third-order valence-electron chi connectivity index (χ3n) is 6.40. The molecule has 1 fully saturated rings. The Morgan fingerprint density at radius 2 is 1.92 bits per heavy atom. The lowest BCUT2D eigenvalue weighted by Gasteiger charge is -2.30. The Morgan fingerprint density at radius 1 is 1.15 bits per heavy atom. The standard InChI is InChI=1S/C23H24F3N9O3S/c1-35-18(8-19(33-35)34-39(27,37)38)23(36)31-13-4-2-3-12(7-13)30-22-17(26)10-29-21(32-22)15-9-28-20-14(15)5-11(24)6-16(20)25/h5-6,8-10,12-13,28H,2-4,7H2,1H3,(H,31,36)(H,33,34)(H2,27,37,38)(H,29,30,32)/t12-,13+/m0/s1. The molecule has 2 atom stereocenters. The number of anilines is 2. The van der Waals surface area contributed by atoms with Gasteiger partial charge < -0.3 is 15.6 Å². The van der Waals surface area contributed by atoms with Crippen LogP contribution in [0.15, 0.2) is 30.6 Å². The van der Waals surface area contributed by atoms with Crippen LogP contribution in [0.3, 0.4) is 0 Å². The molecular formula is C23H24F3N9O3S. The Kier molecular flexibility index (Phi) is 6.90. The summed E-state index contributed by atoms with van der Waals surface area (Å²) in [7, 11) is -2.56. The Balaban J connectivity index is 1.29. The number of aromatic amines is 1. The highest BCUT2D eigenvalue weighted by atomic mass is 32.2. The molecule has 1 aliphatic rings. The van der Waals surface area contributed by atoms with Crippen LogP contribution < -0.4 is 20.5 Å². The van der Waals surface area contributed by atoms with Gasteiger partial charge in [0.2, 0.25) is 0 Å². The Morgan fingerprint density at radius 3 is 2.69 bits per heavy atom. The van der Waals surface area contributed by atoms with Gasteiger partial charge >= 0.3 is 0 Å². The van der Waals surface area contributed by atoms with Gasteiger partial charge in [0.05, 0.1) is 11.7 Å². The number of hydrogen-bond donors (Lipinski definition) is 5. The van der Waals surface area contributed by atoms with Crippen molar-refractivity contribution in [2.24, 2.45) is 12.2 Å². The van der Waals surface area contributed by atoms with Crippen molar-refractivity contribution in [2.75, 3.05) is 10.0 Å². The number of carbonyl (C=O) groups excluding carboxylic acids is 1. The monoisotopic (exact) mass is 563 g/mol. The number of nitrogens with two attached hydrogens (primary N) is 1. The number of rotatable bonds is 7. The molecule has 4 aromatic rings. The van der Waals surface area contributed by atoms with Crippen LogP contribution in [0.4, 0.5) is 24.8 Å². The lowest BCUT2D eigenvalue weighted by molar-refractivity contribution is 0.0916. The molecule has 6 N–H and O–H groups in total. The fourth-order valence-corrected chi connectivity index (χ4v) is 5.11. The maximum absolute atomic E-state index is 14.6. The van der Waals surface area contributed by atoms with E-state index in [1.165, 1.54) is 24.0 Å². The van der Waals surface area contributed by atoms with E-state index in [1.807, 2.05) is 4.72 Å². The smallest absolute Gasteiger partial charge is 0.297 e. The van der Waals surface area contributed by atoms with Gasteiger partial charge in [0.1, 0.15) is 17.3 Å². The summed E-state index contributed by atoms with van der Waals surface area (Å²) in [6.07, 6.45) is 4.95. The van der Waals surface area contributed by atoms with Crippen LogP contribution >= 0.6 is 0 Å². The van der Waals surface area contributed by atoms with E-state index in [9.17, 15) is 26.4 Å². The molecule has 39 heavy (non-hydrogen) atoms. The minimum absolute atomic E-state index is 0.0754. The van der Waals surface area contributed by atoms with E-state index in [2.05, 4.69) is 30.7 Å². The molecule has 5 rings (SSSR count). The van der Waals surface area contributed by atoms with Gasteiger partial charge in [-0.1, -0.05) is 0 Å². The minimum atomic E-state index is -4.05. The van der Waals surface area contributed by atoms with E-state index in [1.54, 1.807) is 0 Å². The maximum atomic E-state index is 14.6. The average molecular weight is 564 g/mol. The number of benzene rings is 1. The van der Waals surface area contributed by atoms with Crippen molar-refractivity contribution >= 4 is 38.7 Å². The first-order valence-corrected chi connectivity index (χ1v) is 13.4. The van der Waals surface area contributed by atoms with Crippen molar-refractivity contribution in [3.05, 3.63) is 53.7 Å². The summed E-state index contributed by atoms with van der Waals surface area (Å²) in [5, 5.41) is 15.1. The molecule has 12 nitrogen and oxygen atoms in total. The van der Waals surface area contributed by atoms with Gasteiger partial charge in [-0.15, -0.1) is 0 Å². The highest BCUT2D eigenvalue weighted by Crippen LogP contribution is 2.30. The molecule has 0 aliphatic heterocycles. The lowest BCUT2D eigenvalue weighted by atomic mass is 9.91. The normalized spacial score (nSPS) is 17.8. The van der Waals surface area contributed by atoms with Crippen molar-refractivity contribution in [2.45, 2.75) is 37.8 Å². The van der Waals surface area contributed by atoms with E-state index in [-0.39, 0.29) is 46.1 Å². The van der Waals surface area contributed by atoms with Crippen molar-refractivity contribution in [3.63, 3.8) is 0 Å². The van der Waals surface area contributed by atoms with Gasteiger partial charge in [0, 0.05) is 48.4 Å². The number of aromatic nitrogens is 5. The number of nitrogens with zero attached hydrogens (tertiary/aromatic N) is 4. The third kappa shape index (κ3) is 5.80. The van der Waals surface area contributed by atoms with E-state index in [0.717, 1.165) is 24.8 Å². The first kappa shape index (κ1) is 26.4. The number of H-pyrrole nitrogens is 1. The Labute approximate surface area is 220 Å². The van der Waals surface area contributed by atoms with Crippen molar-refractivity contribution < 1.29 is 26.4 Å². The number of aryl methyl sites for hydroxylation is 1. The summed E-state index contributed by atoms with van der Waals surface area (Å²) in [5.74, 6) is -2.79. The summed E-state index contributed by atoms with van der Waals surface area (Å²) in [6, 6.07) is 2.66. The summed E-state index contributed by atoms with van der Waals surface area (Å²) in [4.78, 5) is 23.8. The van der Waals surface area contributed by atoms with Crippen LogP contribution in [0.5, 0.6) is 0 Å². The quantitative estimate of drug-likeness (QED) is 0.230. The highest BCUT2D eigenvalue weighted by Gasteiger charge is 2.26. The highest BCUT2D eigenvalue weighted by molar-refractivity contribution is 7.90. The topological polar surface area (TPSA) is 173 Å². The van der Waals surface area contributed by atoms with Gasteiger partial charge in [0.15, 0.2) is 23.3 Å². The van der Waals surface area contributed by atoms with Crippen molar-refractivity contribution in [3.8, 4) is 11.4 Å². The minimum Gasteiger partial charge on any atom is -0.365 e. The molecule has 0 bridgehead atoms. The number of carbonyl (C=O) groups is 1. The second-order valence-electron chi connectivity index (χ2n) is 9.27. The first-order chi connectivity index (χ1) is 18.5. The van der Waals surface area contributed by atoms with E-state index < -0.39 is 33.6 Å². The Hall–Kier alpha value is -4.18. The summed E-state index contributed by atoms with van der Waals surface area (Å²) >= 11 is 0. The van der Waals surface area contributed by atoms with E-state index >= 15 is 0 Å². The van der Waals surface area contributed by atoms with Gasteiger partial charge in [-0.2, -0.15) is 13.5 Å². The SMILES string of the molecule is Cn1nc(NS(N)(=O)=O)cc1C(=O)N[C@@H]1CCC[C@H](Nc2nc(-c3c[nH]c4c(F)cc(F)cc34)ncc2F)C1. The molecule has 3 heterocycles. The zero-order valence-corrected chi connectivity index (χ0v) is 21.3. The summed E-state index contributed by atoms with van der Waals surface area (Å²) in [6.45, 7) is 0. The van der Waals surface area contributed by atoms with Crippen LogP contribution in [0.2, 0.25) is 0 Å². The van der Waals surface area contributed by atoms with Crippen LogP contribution in [0.25, 0.3) is 22.3 Å². The van der Waals surface area contributed by atoms with Crippen LogP contribution in [-0.2, 0) is 17.3 Å². The van der Waals surface area contributed by atoms with Crippen LogP contribution in [0, 0.1) is 17.5 Å². The van der Waals surface area contributed by atoms with Crippen molar-refractivity contribution in [1.82, 2.24) is 30.0 Å². The number of amides is 1. The molecule has 0 spiro atoms. The number of hydrogen-bond acceptors (Lipinski definition) is 7. The maximum Gasteiger partial charge on any atom is 0.297 e. The lowest BCUT2D eigenvalue weighted by Crippen LogP contribution is -2.42. The molecular weight excluding hydrogens is 539 g/mol. The zero-order chi connectivity index (χ0) is 27.9. The predicted octanol–water partition coefficient (Wildman–Crippen LogP) is 2.54. The molecule has 3 aromatic heterocycles. The predicted molar refractivity (Wildman–Crippen MR) is 136 cm³/mol. The zero-order valence-electron chi connectivity index (χ0n) is 20.5. The van der Waals surface area contributed by atoms with Gasteiger partial charge in [-0.25, -0.2) is 28.3 Å².